The van der Waals surface area contributed by atoms with Gasteiger partial charge in [-0.25, -0.2) is 8.42 Å². The number of halogens is 1. The molecule has 0 aliphatic heterocycles. The zero-order valence-electron chi connectivity index (χ0n) is 10.1. The number of hydrogen-bond donors (Lipinski definition) is 1. The fourth-order valence-corrected chi connectivity index (χ4v) is 2.22. The van der Waals surface area contributed by atoms with E-state index in [0.717, 1.165) is 0 Å². The molecule has 1 aromatic rings. The first-order valence-corrected chi connectivity index (χ1v) is 7.55. The summed E-state index contributed by atoms with van der Waals surface area (Å²) in [7, 11) is 1.46. The second-order valence-electron chi connectivity index (χ2n) is 3.91. The lowest BCUT2D eigenvalue weighted by atomic mass is 10.1. The van der Waals surface area contributed by atoms with Crippen LogP contribution in [0.2, 0.25) is 0 Å². The van der Waals surface area contributed by atoms with Crippen molar-refractivity contribution in [2.24, 2.45) is 0 Å². The summed E-state index contributed by atoms with van der Waals surface area (Å²) in [5.74, 6) is -0.279. The summed E-state index contributed by atoms with van der Waals surface area (Å²) >= 11 is 0. The molecule has 1 N–H and O–H groups in total. The SMILES string of the molecule is C=CC(C)NC(=O)c1ccc(S(=O)(=O)Cl)cc1C. The maximum Gasteiger partial charge on any atom is 0.261 e. The van der Waals surface area contributed by atoms with Crippen molar-refractivity contribution in [1.29, 1.82) is 0 Å². The molecule has 0 aliphatic carbocycles. The number of nitrogens with one attached hydrogen (secondary N) is 1. The van der Waals surface area contributed by atoms with Gasteiger partial charge < -0.3 is 5.32 Å². The van der Waals surface area contributed by atoms with Crippen LogP contribution in [0.25, 0.3) is 0 Å². The number of carbonyl (C=O) groups is 1. The van der Waals surface area contributed by atoms with Crippen molar-refractivity contribution in [3.63, 3.8) is 0 Å². The summed E-state index contributed by atoms with van der Waals surface area (Å²) in [4.78, 5) is 11.8. The fourth-order valence-electron chi connectivity index (χ4n) is 1.39. The summed E-state index contributed by atoms with van der Waals surface area (Å²) in [5, 5.41) is 2.71. The van der Waals surface area contributed by atoms with E-state index in [1.54, 1.807) is 19.9 Å². The van der Waals surface area contributed by atoms with Gasteiger partial charge in [-0.05, 0) is 37.6 Å². The van der Waals surface area contributed by atoms with E-state index in [2.05, 4.69) is 11.9 Å². The third kappa shape index (κ3) is 3.58. The summed E-state index contributed by atoms with van der Waals surface area (Å²) in [6.45, 7) is 7.01. The van der Waals surface area contributed by atoms with Crippen molar-refractivity contribution in [3.8, 4) is 0 Å². The molecule has 0 aliphatic rings. The van der Waals surface area contributed by atoms with Crippen LogP contribution in [0.1, 0.15) is 22.8 Å². The van der Waals surface area contributed by atoms with E-state index in [-0.39, 0.29) is 16.8 Å². The molecule has 1 aromatic carbocycles. The van der Waals surface area contributed by atoms with Crippen LogP contribution < -0.4 is 5.32 Å². The highest BCUT2D eigenvalue weighted by atomic mass is 35.7. The van der Waals surface area contributed by atoms with E-state index in [1.807, 2.05) is 0 Å². The second kappa shape index (κ2) is 5.54. The third-order valence-electron chi connectivity index (χ3n) is 2.44. The number of hydrogen-bond acceptors (Lipinski definition) is 3. The average Bonchev–Trinajstić information content (AvgIpc) is 2.27. The van der Waals surface area contributed by atoms with Gasteiger partial charge in [0.25, 0.3) is 15.0 Å². The highest BCUT2D eigenvalue weighted by Crippen LogP contribution is 2.19. The van der Waals surface area contributed by atoms with Crippen LogP contribution in [-0.2, 0) is 9.05 Å². The maximum absolute atomic E-state index is 11.9. The van der Waals surface area contributed by atoms with E-state index < -0.39 is 9.05 Å². The van der Waals surface area contributed by atoms with Gasteiger partial charge in [0.05, 0.1) is 4.90 Å². The number of amides is 1. The van der Waals surface area contributed by atoms with E-state index >= 15 is 0 Å². The predicted molar refractivity (Wildman–Crippen MR) is 71.3 cm³/mol. The lowest BCUT2D eigenvalue weighted by Gasteiger charge is -2.11. The van der Waals surface area contributed by atoms with Crippen LogP contribution in [0.3, 0.4) is 0 Å². The van der Waals surface area contributed by atoms with E-state index in [9.17, 15) is 13.2 Å². The molecule has 0 saturated heterocycles. The molecule has 0 bridgehead atoms. The Morgan fingerprint density at radius 2 is 2.11 bits per heavy atom. The largest absolute Gasteiger partial charge is 0.346 e. The quantitative estimate of drug-likeness (QED) is 0.682. The minimum Gasteiger partial charge on any atom is -0.346 e. The first kappa shape index (κ1) is 14.7. The molecule has 0 aromatic heterocycles. The number of aryl methyl sites for hydroxylation is 1. The van der Waals surface area contributed by atoms with E-state index in [0.29, 0.717) is 11.1 Å². The monoisotopic (exact) mass is 287 g/mol. The molecule has 0 spiro atoms. The Hall–Kier alpha value is -1.33. The maximum atomic E-state index is 11.9. The molecule has 98 valence electrons. The Morgan fingerprint density at radius 1 is 1.50 bits per heavy atom. The number of benzene rings is 1. The van der Waals surface area contributed by atoms with Crippen molar-refractivity contribution in [3.05, 3.63) is 42.0 Å². The Morgan fingerprint density at radius 3 is 2.56 bits per heavy atom. The van der Waals surface area contributed by atoms with Gasteiger partial charge in [-0.3, -0.25) is 4.79 Å². The van der Waals surface area contributed by atoms with Gasteiger partial charge in [-0.1, -0.05) is 6.08 Å². The van der Waals surface area contributed by atoms with Gasteiger partial charge in [0.2, 0.25) is 0 Å². The highest BCUT2D eigenvalue weighted by Gasteiger charge is 2.15. The molecule has 0 radical (unpaired) electrons. The van der Waals surface area contributed by atoms with Crippen molar-refractivity contribution < 1.29 is 13.2 Å². The molecule has 0 fully saturated rings. The molecule has 0 heterocycles. The van der Waals surface area contributed by atoms with Crippen molar-refractivity contribution in [2.75, 3.05) is 0 Å². The zero-order valence-corrected chi connectivity index (χ0v) is 11.7. The normalized spacial score (nSPS) is 12.8. The Labute approximate surface area is 111 Å². The van der Waals surface area contributed by atoms with Crippen molar-refractivity contribution in [1.82, 2.24) is 5.32 Å². The fraction of sp³-hybridized carbons (Fsp3) is 0.250. The third-order valence-corrected chi connectivity index (χ3v) is 3.79. The van der Waals surface area contributed by atoms with Crippen LogP contribution in [0.15, 0.2) is 35.7 Å². The smallest absolute Gasteiger partial charge is 0.261 e. The minimum atomic E-state index is -3.77. The number of rotatable bonds is 4. The van der Waals surface area contributed by atoms with Gasteiger partial charge >= 0.3 is 0 Å². The molecule has 1 atom stereocenters. The van der Waals surface area contributed by atoms with Crippen molar-refractivity contribution in [2.45, 2.75) is 24.8 Å². The Balaban J connectivity index is 3.07. The Kier molecular flexibility index (Phi) is 4.53. The Bertz CT molecular complexity index is 581. The average molecular weight is 288 g/mol. The molecule has 0 saturated carbocycles. The lowest BCUT2D eigenvalue weighted by molar-refractivity contribution is 0.0946. The lowest BCUT2D eigenvalue weighted by Crippen LogP contribution is -2.31. The van der Waals surface area contributed by atoms with E-state index in [1.165, 1.54) is 18.2 Å². The van der Waals surface area contributed by atoms with Crippen LogP contribution in [0.5, 0.6) is 0 Å². The van der Waals surface area contributed by atoms with Crippen LogP contribution >= 0.6 is 10.7 Å². The van der Waals surface area contributed by atoms with Gasteiger partial charge in [-0.15, -0.1) is 6.58 Å². The molecule has 1 amide bonds. The van der Waals surface area contributed by atoms with Crippen LogP contribution in [0, 0.1) is 6.92 Å². The summed E-state index contributed by atoms with van der Waals surface area (Å²) in [6, 6.07) is 3.96. The van der Waals surface area contributed by atoms with Crippen LogP contribution in [0.4, 0.5) is 0 Å². The summed E-state index contributed by atoms with van der Waals surface area (Å²) < 4.78 is 22.3. The van der Waals surface area contributed by atoms with Gasteiger partial charge in [0, 0.05) is 22.3 Å². The molecule has 4 nitrogen and oxygen atoms in total. The van der Waals surface area contributed by atoms with Gasteiger partial charge in [0.15, 0.2) is 0 Å². The number of carbonyl (C=O) groups excluding carboxylic acids is 1. The molecular formula is C12H14ClNO3S. The van der Waals surface area contributed by atoms with Crippen molar-refractivity contribution >= 4 is 25.6 Å². The first-order chi connectivity index (χ1) is 8.25. The van der Waals surface area contributed by atoms with Gasteiger partial charge in [0.1, 0.15) is 0 Å². The molecular weight excluding hydrogens is 274 g/mol. The van der Waals surface area contributed by atoms with Crippen LogP contribution in [-0.4, -0.2) is 20.4 Å². The first-order valence-electron chi connectivity index (χ1n) is 5.24. The van der Waals surface area contributed by atoms with E-state index in [4.69, 9.17) is 10.7 Å². The summed E-state index contributed by atoms with van der Waals surface area (Å²) in [6.07, 6.45) is 1.60. The zero-order chi connectivity index (χ0) is 13.9. The standard InChI is InChI=1S/C12H14ClNO3S/c1-4-9(3)14-12(15)11-6-5-10(7-8(11)2)18(13,16)17/h4-7,9H,1H2,2-3H3,(H,14,15). The predicted octanol–water partition coefficient (Wildman–Crippen LogP) is 2.23. The van der Waals surface area contributed by atoms with Gasteiger partial charge in [-0.2, -0.15) is 0 Å². The minimum absolute atomic E-state index is 0.0185. The second-order valence-corrected chi connectivity index (χ2v) is 6.48. The molecule has 1 rings (SSSR count). The highest BCUT2D eigenvalue weighted by molar-refractivity contribution is 8.13. The topological polar surface area (TPSA) is 63.2 Å². The molecule has 18 heavy (non-hydrogen) atoms. The summed E-state index contributed by atoms with van der Waals surface area (Å²) in [5.41, 5.74) is 0.957. The molecule has 1 unspecified atom stereocenters. The molecule has 6 heteroatoms.